The number of amides is 2. The van der Waals surface area contributed by atoms with E-state index >= 15 is 0 Å². The van der Waals surface area contributed by atoms with Crippen molar-refractivity contribution in [2.75, 3.05) is 6.54 Å². The van der Waals surface area contributed by atoms with Gasteiger partial charge in [0.1, 0.15) is 5.82 Å². The molecule has 6 heteroatoms. The molecule has 2 amide bonds. The predicted octanol–water partition coefficient (Wildman–Crippen LogP) is 4.33. The maximum atomic E-state index is 13.2. The SMILES string of the molecule is CC(C)(C)NC(=O)N(Cc1ccc(F)cc1)C[C@H]1CC(c2ccccc2)=NO1. The summed E-state index contributed by atoms with van der Waals surface area (Å²) < 4.78 is 13.2. The average molecular weight is 383 g/mol. The molecule has 28 heavy (non-hydrogen) atoms. The Morgan fingerprint density at radius 3 is 2.50 bits per heavy atom. The van der Waals surface area contributed by atoms with E-state index in [1.165, 1.54) is 12.1 Å². The van der Waals surface area contributed by atoms with Crippen LogP contribution in [0.25, 0.3) is 0 Å². The lowest BCUT2D eigenvalue weighted by atomic mass is 10.0. The first-order chi connectivity index (χ1) is 13.3. The van der Waals surface area contributed by atoms with Crippen molar-refractivity contribution in [1.29, 1.82) is 0 Å². The Balaban J connectivity index is 1.68. The van der Waals surface area contributed by atoms with E-state index in [-0.39, 0.29) is 23.5 Å². The second-order valence-electron chi connectivity index (χ2n) is 8.02. The number of urea groups is 1. The van der Waals surface area contributed by atoms with Gasteiger partial charge in [0.2, 0.25) is 0 Å². The number of halogens is 1. The van der Waals surface area contributed by atoms with Crippen LogP contribution in [-0.2, 0) is 11.4 Å². The molecule has 1 aliphatic rings. The molecule has 0 fully saturated rings. The van der Waals surface area contributed by atoms with Gasteiger partial charge in [-0.15, -0.1) is 0 Å². The van der Waals surface area contributed by atoms with Crippen molar-refractivity contribution in [3.63, 3.8) is 0 Å². The monoisotopic (exact) mass is 383 g/mol. The Morgan fingerprint density at radius 1 is 1.18 bits per heavy atom. The molecule has 2 aromatic rings. The van der Waals surface area contributed by atoms with Crippen molar-refractivity contribution >= 4 is 11.7 Å². The number of oxime groups is 1. The zero-order chi connectivity index (χ0) is 20.1. The quantitative estimate of drug-likeness (QED) is 0.836. The van der Waals surface area contributed by atoms with Gasteiger partial charge in [-0.3, -0.25) is 0 Å². The number of benzene rings is 2. The minimum Gasteiger partial charge on any atom is -0.390 e. The molecule has 1 heterocycles. The minimum absolute atomic E-state index is 0.186. The molecule has 0 saturated heterocycles. The lowest BCUT2D eigenvalue weighted by Crippen LogP contribution is -2.50. The molecule has 2 aromatic carbocycles. The van der Waals surface area contributed by atoms with Gasteiger partial charge in [0.25, 0.3) is 0 Å². The molecular formula is C22H26FN3O2. The van der Waals surface area contributed by atoms with E-state index in [4.69, 9.17) is 4.84 Å². The topological polar surface area (TPSA) is 53.9 Å². The molecule has 0 aromatic heterocycles. The van der Waals surface area contributed by atoms with Gasteiger partial charge in [0.05, 0.1) is 12.3 Å². The average Bonchev–Trinajstić information content (AvgIpc) is 3.11. The summed E-state index contributed by atoms with van der Waals surface area (Å²) in [5.41, 5.74) is 2.39. The van der Waals surface area contributed by atoms with Crippen molar-refractivity contribution in [2.24, 2.45) is 5.16 Å². The van der Waals surface area contributed by atoms with Crippen LogP contribution in [0.1, 0.15) is 38.3 Å². The second-order valence-corrected chi connectivity index (χ2v) is 8.02. The highest BCUT2D eigenvalue weighted by Gasteiger charge is 2.28. The summed E-state index contributed by atoms with van der Waals surface area (Å²) in [6.07, 6.45) is 0.411. The van der Waals surface area contributed by atoms with Gasteiger partial charge >= 0.3 is 6.03 Å². The lowest BCUT2D eigenvalue weighted by Gasteiger charge is -2.29. The zero-order valence-corrected chi connectivity index (χ0v) is 16.5. The standard InChI is InChI=1S/C22H26FN3O2/c1-22(2,3)24-21(27)26(14-16-9-11-18(23)12-10-16)15-19-13-20(25-28-19)17-7-5-4-6-8-17/h4-12,19H,13-15H2,1-3H3,(H,24,27)/t19-/m1/s1. The molecular weight excluding hydrogens is 357 g/mol. The molecule has 1 aliphatic heterocycles. The fraction of sp³-hybridized carbons (Fsp3) is 0.364. The van der Waals surface area contributed by atoms with E-state index in [9.17, 15) is 9.18 Å². The lowest BCUT2D eigenvalue weighted by molar-refractivity contribution is 0.0580. The molecule has 1 N–H and O–H groups in total. The van der Waals surface area contributed by atoms with Gasteiger partial charge in [-0.25, -0.2) is 9.18 Å². The largest absolute Gasteiger partial charge is 0.390 e. The van der Waals surface area contributed by atoms with Crippen LogP contribution in [0.4, 0.5) is 9.18 Å². The molecule has 0 bridgehead atoms. The molecule has 3 rings (SSSR count). The van der Waals surface area contributed by atoms with E-state index in [0.717, 1.165) is 16.8 Å². The molecule has 5 nitrogen and oxygen atoms in total. The van der Waals surface area contributed by atoms with Crippen LogP contribution in [0.3, 0.4) is 0 Å². The number of nitrogens with one attached hydrogen (secondary N) is 1. The smallest absolute Gasteiger partial charge is 0.318 e. The molecule has 0 radical (unpaired) electrons. The van der Waals surface area contributed by atoms with E-state index in [2.05, 4.69) is 10.5 Å². The Bertz CT molecular complexity index is 829. The van der Waals surface area contributed by atoms with Crippen LogP contribution < -0.4 is 5.32 Å². The van der Waals surface area contributed by atoms with Crippen LogP contribution in [0.2, 0.25) is 0 Å². The van der Waals surface area contributed by atoms with Gasteiger partial charge in [-0.1, -0.05) is 47.6 Å². The second kappa shape index (κ2) is 8.42. The number of carbonyl (C=O) groups is 1. The van der Waals surface area contributed by atoms with Gasteiger partial charge < -0.3 is 15.1 Å². The molecule has 1 atom stereocenters. The van der Waals surface area contributed by atoms with Crippen molar-refractivity contribution in [3.05, 3.63) is 71.5 Å². The molecule has 0 saturated carbocycles. The fourth-order valence-electron chi connectivity index (χ4n) is 3.00. The van der Waals surface area contributed by atoms with Crippen molar-refractivity contribution in [3.8, 4) is 0 Å². The number of rotatable bonds is 5. The number of hydrogen-bond donors (Lipinski definition) is 1. The summed E-state index contributed by atoms with van der Waals surface area (Å²) in [7, 11) is 0. The van der Waals surface area contributed by atoms with Crippen LogP contribution in [0.5, 0.6) is 0 Å². The van der Waals surface area contributed by atoms with Crippen LogP contribution >= 0.6 is 0 Å². The third-order valence-electron chi connectivity index (χ3n) is 4.32. The molecule has 0 aliphatic carbocycles. The molecule has 0 spiro atoms. The first kappa shape index (κ1) is 19.9. The maximum absolute atomic E-state index is 13.2. The fourth-order valence-corrected chi connectivity index (χ4v) is 3.00. The predicted molar refractivity (Wildman–Crippen MR) is 108 cm³/mol. The Labute approximate surface area is 165 Å². The van der Waals surface area contributed by atoms with Gasteiger partial charge in [-0.05, 0) is 44.0 Å². The highest BCUT2D eigenvalue weighted by molar-refractivity contribution is 6.01. The molecule has 148 valence electrons. The van der Waals surface area contributed by atoms with E-state index in [0.29, 0.717) is 19.5 Å². The highest BCUT2D eigenvalue weighted by atomic mass is 19.1. The van der Waals surface area contributed by atoms with Crippen LogP contribution in [0, 0.1) is 5.82 Å². The van der Waals surface area contributed by atoms with Crippen LogP contribution in [-0.4, -0.2) is 34.8 Å². The number of hydrogen-bond acceptors (Lipinski definition) is 3. The summed E-state index contributed by atoms with van der Waals surface area (Å²) in [6, 6.07) is 15.9. The van der Waals surface area contributed by atoms with E-state index < -0.39 is 0 Å². The third-order valence-corrected chi connectivity index (χ3v) is 4.32. The maximum Gasteiger partial charge on any atom is 0.318 e. The summed E-state index contributed by atoms with van der Waals surface area (Å²) in [4.78, 5) is 20.1. The first-order valence-corrected chi connectivity index (χ1v) is 9.40. The van der Waals surface area contributed by atoms with E-state index in [1.54, 1.807) is 17.0 Å². The van der Waals surface area contributed by atoms with Gasteiger partial charge in [-0.2, -0.15) is 0 Å². The summed E-state index contributed by atoms with van der Waals surface area (Å²) in [5, 5.41) is 7.19. The van der Waals surface area contributed by atoms with Crippen molar-refractivity contribution < 1.29 is 14.0 Å². The summed E-state index contributed by atoms with van der Waals surface area (Å²) in [6.45, 7) is 6.55. The summed E-state index contributed by atoms with van der Waals surface area (Å²) in [5.74, 6) is -0.297. The zero-order valence-electron chi connectivity index (χ0n) is 16.5. The highest BCUT2D eigenvalue weighted by Crippen LogP contribution is 2.19. The van der Waals surface area contributed by atoms with Crippen molar-refractivity contribution in [2.45, 2.75) is 45.4 Å². The Hall–Kier alpha value is -2.89. The molecule has 0 unspecified atom stereocenters. The number of carbonyl (C=O) groups excluding carboxylic acids is 1. The normalized spacial score (nSPS) is 16.3. The van der Waals surface area contributed by atoms with E-state index in [1.807, 2.05) is 51.1 Å². The van der Waals surface area contributed by atoms with Gasteiger partial charge in [0.15, 0.2) is 6.10 Å². The third kappa shape index (κ3) is 5.55. The minimum atomic E-state index is -0.361. The van der Waals surface area contributed by atoms with Crippen molar-refractivity contribution in [1.82, 2.24) is 10.2 Å². The van der Waals surface area contributed by atoms with Gasteiger partial charge in [0, 0.05) is 18.5 Å². The first-order valence-electron chi connectivity index (χ1n) is 9.40. The Morgan fingerprint density at radius 2 is 1.86 bits per heavy atom. The Kier molecular flexibility index (Phi) is 5.97. The van der Waals surface area contributed by atoms with Crippen LogP contribution in [0.15, 0.2) is 59.8 Å². The summed E-state index contributed by atoms with van der Waals surface area (Å²) >= 11 is 0. The number of nitrogens with zero attached hydrogens (tertiary/aromatic N) is 2.